The highest BCUT2D eigenvalue weighted by molar-refractivity contribution is 6.08. The maximum Gasteiger partial charge on any atom is 0.135 e. The van der Waals surface area contributed by atoms with E-state index in [4.69, 9.17) is 4.42 Å². The van der Waals surface area contributed by atoms with Gasteiger partial charge in [-0.05, 0) is 115 Å². The Balaban J connectivity index is 1.08. The molecule has 0 atom stereocenters. The van der Waals surface area contributed by atoms with Crippen LogP contribution >= 0.6 is 0 Å². The Morgan fingerprint density at radius 1 is 0.244 bits per heavy atom. The molecule has 9 aromatic rings. The van der Waals surface area contributed by atoms with Crippen molar-refractivity contribution in [3.05, 3.63) is 170 Å². The zero-order valence-corrected chi connectivity index (χ0v) is 24.6. The SMILES string of the molecule is c1ccc(-c2ccc3cc(-c4ccc5oc6ccc(-c7ccc8cc(-c9ccccc9)ccc8c7)cc6c5c4)ccc3c2)cc1. The minimum absolute atomic E-state index is 0.908. The number of rotatable bonds is 4. The largest absolute Gasteiger partial charge is 0.456 e. The minimum atomic E-state index is 0.908. The predicted octanol–water partition coefficient (Wildman–Crippen LogP) is 12.6. The standard InChI is InChI=1S/C44H28O/c1-3-7-29(8-4-1)31-11-13-35-25-37(17-15-33(35)23-31)39-19-21-43-41(27-39)42-28-40(20-22-44(42)45-43)38-18-16-34-24-32(12-14-36(34)26-38)30-9-5-2-6-10-30/h1-28H. The van der Waals surface area contributed by atoms with Crippen molar-refractivity contribution in [1.29, 1.82) is 0 Å². The fourth-order valence-electron chi connectivity index (χ4n) is 6.61. The van der Waals surface area contributed by atoms with Crippen molar-refractivity contribution >= 4 is 43.5 Å². The van der Waals surface area contributed by atoms with Crippen LogP contribution < -0.4 is 0 Å². The van der Waals surface area contributed by atoms with Crippen molar-refractivity contribution in [3.63, 3.8) is 0 Å². The molecule has 0 aliphatic heterocycles. The van der Waals surface area contributed by atoms with Crippen LogP contribution in [0.15, 0.2) is 174 Å². The number of hydrogen-bond donors (Lipinski definition) is 0. The van der Waals surface area contributed by atoms with E-state index >= 15 is 0 Å². The van der Waals surface area contributed by atoms with E-state index in [0.717, 1.165) is 21.9 Å². The van der Waals surface area contributed by atoms with Gasteiger partial charge in [-0.3, -0.25) is 0 Å². The molecule has 1 aromatic heterocycles. The van der Waals surface area contributed by atoms with E-state index in [1.807, 2.05) is 0 Å². The molecule has 0 aliphatic rings. The molecule has 0 saturated heterocycles. The van der Waals surface area contributed by atoms with E-state index in [1.165, 1.54) is 66.1 Å². The lowest BCUT2D eigenvalue weighted by molar-refractivity contribution is 0.669. The van der Waals surface area contributed by atoms with E-state index in [2.05, 4.69) is 170 Å². The molecule has 45 heavy (non-hydrogen) atoms. The Hall–Kier alpha value is -5.92. The van der Waals surface area contributed by atoms with Crippen molar-refractivity contribution in [3.8, 4) is 44.5 Å². The van der Waals surface area contributed by atoms with Crippen LogP contribution in [-0.2, 0) is 0 Å². The van der Waals surface area contributed by atoms with Crippen LogP contribution in [0, 0.1) is 0 Å². The highest BCUT2D eigenvalue weighted by atomic mass is 16.3. The van der Waals surface area contributed by atoms with Gasteiger partial charge in [-0.1, -0.05) is 121 Å². The molecule has 1 nitrogen and oxygen atoms in total. The molecule has 9 rings (SSSR count). The zero-order chi connectivity index (χ0) is 29.7. The average molecular weight is 573 g/mol. The topological polar surface area (TPSA) is 13.1 Å². The maximum absolute atomic E-state index is 6.29. The Kier molecular flexibility index (Phi) is 5.89. The lowest BCUT2D eigenvalue weighted by Gasteiger charge is -2.08. The Morgan fingerprint density at radius 3 is 0.933 bits per heavy atom. The normalized spacial score (nSPS) is 11.6. The Bertz CT molecular complexity index is 2340. The lowest BCUT2D eigenvalue weighted by Crippen LogP contribution is -1.82. The number of fused-ring (bicyclic) bond motifs is 5. The van der Waals surface area contributed by atoms with Gasteiger partial charge in [0.15, 0.2) is 0 Å². The summed E-state index contributed by atoms with van der Waals surface area (Å²) in [6, 6.07) is 61.1. The minimum Gasteiger partial charge on any atom is -0.456 e. The van der Waals surface area contributed by atoms with Gasteiger partial charge in [-0.25, -0.2) is 0 Å². The summed E-state index contributed by atoms with van der Waals surface area (Å²) in [7, 11) is 0. The molecule has 0 saturated carbocycles. The third kappa shape index (κ3) is 4.58. The Morgan fingerprint density at radius 2 is 0.556 bits per heavy atom. The Labute approximate surface area is 261 Å². The first-order valence-electron chi connectivity index (χ1n) is 15.4. The molecule has 1 heteroatoms. The fraction of sp³-hybridized carbons (Fsp3) is 0. The lowest BCUT2D eigenvalue weighted by atomic mass is 9.96. The first kappa shape index (κ1) is 25.6. The van der Waals surface area contributed by atoms with Crippen LogP contribution in [0.5, 0.6) is 0 Å². The molecule has 0 N–H and O–H groups in total. The second-order valence-electron chi connectivity index (χ2n) is 11.8. The highest BCUT2D eigenvalue weighted by Crippen LogP contribution is 2.37. The van der Waals surface area contributed by atoms with Crippen molar-refractivity contribution in [2.45, 2.75) is 0 Å². The van der Waals surface area contributed by atoms with Crippen molar-refractivity contribution in [2.24, 2.45) is 0 Å². The molecule has 0 aliphatic carbocycles. The molecular weight excluding hydrogens is 544 g/mol. The van der Waals surface area contributed by atoms with Gasteiger partial charge in [0.05, 0.1) is 0 Å². The van der Waals surface area contributed by atoms with Crippen molar-refractivity contribution in [1.82, 2.24) is 0 Å². The van der Waals surface area contributed by atoms with Gasteiger partial charge < -0.3 is 4.42 Å². The van der Waals surface area contributed by atoms with Gasteiger partial charge in [0, 0.05) is 10.8 Å². The number of hydrogen-bond acceptors (Lipinski definition) is 1. The molecule has 1 heterocycles. The van der Waals surface area contributed by atoms with Gasteiger partial charge in [0.1, 0.15) is 11.2 Å². The molecule has 0 radical (unpaired) electrons. The van der Waals surface area contributed by atoms with E-state index < -0.39 is 0 Å². The zero-order valence-electron chi connectivity index (χ0n) is 24.6. The van der Waals surface area contributed by atoms with Crippen LogP contribution in [0.3, 0.4) is 0 Å². The number of furan rings is 1. The monoisotopic (exact) mass is 572 g/mol. The summed E-state index contributed by atoms with van der Waals surface area (Å²) in [6.07, 6.45) is 0. The summed E-state index contributed by atoms with van der Waals surface area (Å²) in [5.74, 6) is 0. The molecular formula is C44H28O. The average Bonchev–Trinajstić information content (AvgIpc) is 3.49. The summed E-state index contributed by atoms with van der Waals surface area (Å²) < 4.78 is 6.29. The molecule has 0 unspecified atom stereocenters. The summed E-state index contributed by atoms with van der Waals surface area (Å²) in [6.45, 7) is 0. The van der Waals surface area contributed by atoms with Gasteiger partial charge in [0.25, 0.3) is 0 Å². The summed E-state index contributed by atoms with van der Waals surface area (Å²) in [4.78, 5) is 0. The van der Waals surface area contributed by atoms with Crippen LogP contribution in [-0.4, -0.2) is 0 Å². The second kappa shape index (κ2) is 10.4. The fourth-order valence-corrected chi connectivity index (χ4v) is 6.61. The van der Waals surface area contributed by atoms with Crippen molar-refractivity contribution in [2.75, 3.05) is 0 Å². The first-order valence-corrected chi connectivity index (χ1v) is 15.4. The summed E-state index contributed by atoms with van der Waals surface area (Å²) in [5, 5.41) is 7.23. The van der Waals surface area contributed by atoms with E-state index in [1.54, 1.807) is 0 Å². The molecule has 8 aromatic carbocycles. The van der Waals surface area contributed by atoms with Crippen LogP contribution in [0.2, 0.25) is 0 Å². The van der Waals surface area contributed by atoms with Crippen LogP contribution in [0.1, 0.15) is 0 Å². The molecule has 0 fully saturated rings. The first-order chi connectivity index (χ1) is 22.2. The predicted molar refractivity (Wildman–Crippen MR) is 190 cm³/mol. The van der Waals surface area contributed by atoms with Gasteiger partial charge in [-0.2, -0.15) is 0 Å². The van der Waals surface area contributed by atoms with E-state index in [9.17, 15) is 0 Å². The third-order valence-corrected chi connectivity index (χ3v) is 9.03. The van der Waals surface area contributed by atoms with Crippen molar-refractivity contribution < 1.29 is 4.42 Å². The van der Waals surface area contributed by atoms with Crippen LogP contribution in [0.25, 0.3) is 88.0 Å². The van der Waals surface area contributed by atoms with Gasteiger partial charge in [-0.15, -0.1) is 0 Å². The molecule has 0 spiro atoms. The smallest absolute Gasteiger partial charge is 0.135 e. The molecule has 0 bridgehead atoms. The summed E-state index contributed by atoms with van der Waals surface area (Å²) >= 11 is 0. The molecule has 0 amide bonds. The van der Waals surface area contributed by atoms with Crippen LogP contribution in [0.4, 0.5) is 0 Å². The second-order valence-corrected chi connectivity index (χ2v) is 11.8. The van der Waals surface area contributed by atoms with E-state index in [0.29, 0.717) is 0 Å². The maximum atomic E-state index is 6.29. The summed E-state index contributed by atoms with van der Waals surface area (Å²) in [5.41, 5.74) is 11.5. The molecule has 210 valence electrons. The third-order valence-electron chi connectivity index (χ3n) is 9.03. The van der Waals surface area contributed by atoms with E-state index in [-0.39, 0.29) is 0 Å². The highest BCUT2D eigenvalue weighted by Gasteiger charge is 2.12. The van der Waals surface area contributed by atoms with Gasteiger partial charge >= 0.3 is 0 Å². The quantitative estimate of drug-likeness (QED) is 0.204. The number of benzene rings is 8. The van der Waals surface area contributed by atoms with Gasteiger partial charge in [0.2, 0.25) is 0 Å².